The highest BCUT2D eigenvalue weighted by atomic mass is 32.2. The topological polar surface area (TPSA) is 75.3 Å². The number of hydrogen-bond acceptors (Lipinski definition) is 4. The van der Waals surface area contributed by atoms with Crippen LogP contribution in [0, 0.1) is 5.92 Å². The maximum absolute atomic E-state index is 12.5. The van der Waals surface area contributed by atoms with Crippen molar-refractivity contribution in [2.45, 2.75) is 37.3 Å². The number of sulfonamides is 1. The molecular weight excluding hydrogens is 413 g/mol. The molecule has 1 aliphatic rings. The van der Waals surface area contributed by atoms with Gasteiger partial charge in [0.2, 0.25) is 10.0 Å². The molecule has 0 spiro atoms. The average molecular weight is 432 g/mol. The van der Waals surface area contributed by atoms with Crippen molar-refractivity contribution in [2.75, 3.05) is 11.9 Å². The second-order valence-corrected chi connectivity index (χ2v) is 9.73. The van der Waals surface area contributed by atoms with E-state index in [1.165, 1.54) is 38.6 Å². The van der Waals surface area contributed by atoms with Crippen molar-refractivity contribution in [1.29, 1.82) is 0 Å². The predicted molar refractivity (Wildman–Crippen MR) is 101 cm³/mol. The van der Waals surface area contributed by atoms with Crippen LogP contribution in [0.15, 0.2) is 35.2 Å². The van der Waals surface area contributed by atoms with Gasteiger partial charge in [0.15, 0.2) is 0 Å². The Morgan fingerprint density at radius 1 is 1.25 bits per heavy atom. The van der Waals surface area contributed by atoms with Gasteiger partial charge in [-0.2, -0.15) is 13.2 Å². The van der Waals surface area contributed by atoms with E-state index in [0.717, 1.165) is 31.4 Å². The molecule has 1 unspecified atom stereocenters. The Labute approximate surface area is 165 Å². The second kappa shape index (κ2) is 7.84. The van der Waals surface area contributed by atoms with Crippen molar-refractivity contribution < 1.29 is 26.4 Å². The Balaban J connectivity index is 1.66. The molecule has 0 fully saturated rings. The molecule has 28 heavy (non-hydrogen) atoms. The van der Waals surface area contributed by atoms with E-state index < -0.39 is 22.7 Å². The second-order valence-electron chi connectivity index (χ2n) is 6.83. The number of carbonyl (C=O) groups is 1. The van der Waals surface area contributed by atoms with E-state index in [-0.39, 0.29) is 10.8 Å². The zero-order valence-corrected chi connectivity index (χ0v) is 16.6. The minimum Gasteiger partial charge on any atom is -0.321 e. The van der Waals surface area contributed by atoms with Gasteiger partial charge in [-0.3, -0.25) is 4.79 Å². The molecule has 0 saturated heterocycles. The van der Waals surface area contributed by atoms with Gasteiger partial charge in [0.25, 0.3) is 5.91 Å². The van der Waals surface area contributed by atoms with E-state index in [9.17, 15) is 26.4 Å². The standard InChI is InChI=1S/C18H19F3N2O3S2/c1-11-2-7-15-12(8-11)9-16(27-15)17(24)23-13-3-5-14(6-4-13)28(25,26)22-10-18(19,20)21/h3-6,9,11,22H,2,7-8,10H2,1H3,(H,23,24). The lowest BCUT2D eigenvalue weighted by Crippen LogP contribution is -2.33. The fourth-order valence-electron chi connectivity index (χ4n) is 2.99. The minimum absolute atomic E-state index is 0.294. The van der Waals surface area contributed by atoms with Crippen LogP contribution in [0.2, 0.25) is 0 Å². The van der Waals surface area contributed by atoms with Gasteiger partial charge in [0, 0.05) is 10.6 Å². The summed E-state index contributed by atoms with van der Waals surface area (Å²) in [6, 6.07) is 6.88. The van der Waals surface area contributed by atoms with Crippen molar-refractivity contribution in [3.05, 3.63) is 45.6 Å². The van der Waals surface area contributed by atoms with Crippen LogP contribution >= 0.6 is 11.3 Å². The number of alkyl halides is 3. The summed E-state index contributed by atoms with van der Waals surface area (Å²) in [4.78, 5) is 14.0. The summed E-state index contributed by atoms with van der Waals surface area (Å²) >= 11 is 1.46. The molecule has 10 heteroatoms. The summed E-state index contributed by atoms with van der Waals surface area (Å²) in [5.41, 5.74) is 1.56. The molecule has 1 atom stereocenters. The summed E-state index contributed by atoms with van der Waals surface area (Å²) in [5, 5.41) is 2.69. The molecule has 0 bridgehead atoms. The van der Waals surface area contributed by atoms with Crippen LogP contribution in [0.3, 0.4) is 0 Å². The van der Waals surface area contributed by atoms with E-state index in [0.29, 0.717) is 16.5 Å². The number of thiophene rings is 1. The molecular formula is C18H19F3N2O3S2. The first kappa shape index (κ1) is 20.8. The van der Waals surface area contributed by atoms with Crippen LogP contribution in [0.1, 0.15) is 33.5 Å². The Morgan fingerprint density at radius 3 is 2.57 bits per heavy atom. The average Bonchev–Trinajstić information content (AvgIpc) is 3.03. The van der Waals surface area contributed by atoms with E-state index in [1.54, 1.807) is 0 Å². The van der Waals surface area contributed by atoms with E-state index >= 15 is 0 Å². The first-order chi connectivity index (χ1) is 13.0. The first-order valence-corrected chi connectivity index (χ1v) is 10.9. The van der Waals surface area contributed by atoms with Crippen LogP contribution in [-0.4, -0.2) is 27.0 Å². The van der Waals surface area contributed by atoms with Crippen LogP contribution in [0.25, 0.3) is 0 Å². The van der Waals surface area contributed by atoms with Gasteiger partial charge in [-0.25, -0.2) is 13.1 Å². The highest BCUT2D eigenvalue weighted by molar-refractivity contribution is 7.89. The highest BCUT2D eigenvalue weighted by Crippen LogP contribution is 2.32. The Morgan fingerprint density at radius 2 is 1.93 bits per heavy atom. The molecule has 0 saturated carbocycles. The third-order valence-corrected chi connectivity index (χ3v) is 7.09. The predicted octanol–water partition coefficient (Wildman–Crippen LogP) is 3.97. The van der Waals surface area contributed by atoms with Crippen LogP contribution < -0.4 is 10.0 Å². The van der Waals surface area contributed by atoms with Crippen LogP contribution in [0.4, 0.5) is 18.9 Å². The van der Waals surface area contributed by atoms with Gasteiger partial charge in [-0.15, -0.1) is 11.3 Å². The van der Waals surface area contributed by atoms with Gasteiger partial charge in [0.05, 0.1) is 9.77 Å². The molecule has 1 aromatic carbocycles. The fourth-order valence-corrected chi connectivity index (χ4v) is 5.11. The zero-order chi connectivity index (χ0) is 20.5. The van der Waals surface area contributed by atoms with E-state index in [2.05, 4.69) is 12.2 Å². The van der Waals surface area contributed by atoms with Crippen molar-refractivity contribution >= 4 is 33.0 Å². The number of nitrogens with one attached hydrogen (secondary N) is 2. The number of rotatable bonds is 5. The highest BCUT2D eigenvalue weighted by Gasteiger charge is 2.30. The molecule has 2 aromatic rings. The molecule has 2 N–H and O–H groups in total. The SMILES string of the molecule is CC1CCc2sc(C(=O)Nc3ccc(S(=O)(=O)NCC(F)(F)F)cc3)cc2C1. The number of amides is 1. The lowest BCUT2D eigenvalue weighted by Gasteiger charge is -2.16. The maximum atomic E-state index is 12.5. The smallest absolute Gasteiger partial charge is 0.321 e. The van der Waals surface area contributed by atoms with Gasteiger partial charge in [0.1, 0.15) is 6.54 Å². The molecule has 1 heterocycles. The summed E-state index contributed by atoms with van der Waals surface area (Å²) < 4.78 is 61.9. The summed E-state index contributed by atoms with van der Waals surface area (Å²) in [7, 11) is -4.28. The van der Waals surface area contributed by atoms with Gasteiger partial charge >= 0.3 is 6.18 Å². The van der Waals surface area contributed by atoms with Crippen molar-refractivity contribution in [2.24, 2.45) is 5.92 Å². The first-order valence-electron chi connectivity index (χ1n) is 8.63. The largest absolute Gasteiger partial charge is 0.402 e. The molecule has 1 aromatic heterocycles. The summed E-state index contributed by atoms with van der Waals surface area (Å²) in [6.07, 6.45) is -1.62. The summed E-state index contributed by atoms with van der Waals surface area (Å²) in [6.45, 7) is 0.537. The van der Waals surface area contributed by atoms with Crippen molar-refractivity contribution in [1.82, 2.24) is 4.72 Å². The number of halogens is 3. The zero-order valence-electron chi connectivity index (χ0n) is 15.0. The minimum atomic E-state index is -4.64. The number of anilines is 1. The lowest BCUT2D eigenvalue weighted by atomic mass is 9.90. The number of fused-ring (bicyclic) bond motifs is 1. The normalized spacial score (nSPS) is 17.2. The van der Waals surface area contributed by atoms with Gasteiger partial charge in [-0.05, 0) is 61.1 Å². The molecule has 1 aliphatic carbocycles. The fraction of sp³-hybridized carbons (Fsp3) is 0.389. The number of benzene rings is 1. The molecule has 0 radical (unpaired) electrons. The quantitative estimate of drug-likeness (QED) is 0.751. The molecule has 5 nitrogen and oxygen atoms in total. The van der Waals surface area contributed by atoms with Crippen LogP contribution in [-0.2, 0) is 22.9 Å². The van der Waals surface area contributed by atoms with Crippen molar-refractivity contribution in [3.63, 3.8) is 0 Å². The molecule has 3 rings (SSSR count). The Kier molecular flexibility index (Phi) is 5.83. The van der Waals surface area contributed by atoms with E-state index in [1.807, 2.05) is 6.07 Å². The van der Waals surface area contributed by atoms with E-state index in [4.69, 9.17) is 0 Å². The van der Waals surface area contributed by atoms with Gasteiger partial charge < -0.3 is 5.32 Å². The number of hydrogen-bond donors (Lipinski definition) is 2. The van der Waals surface area contributed by atoms with Gasteiger partial charge in [-0.1, -0.05) is 6.92 Å². The Bertz CT molecular complexity index is 967. The third-order valence-electron chi connectivity index (χ3n) is 4.44. The molecule has 1 amide bonds. The maximum Gasteiger partial charge on any atom is 0.402 e. The van der Waals surface area contributed by atoms with Crippen molar-refractivity contribution in [3.8, 4) is 0 Å². The third kappa shape index (κ3) is 5.12. The molecule has 152 valence electrons. The molecule has 0 aliphatic heterocycles. The summed E-state index contributed by atoms with van der Waals surface area (Å²) in [5.74, 6) is 0.302. The number of aryl methyl sites for hydroxylation is 1. The monoisotopic (exact) mass is 432 g/mol. The Hall–Kier alpha value is -1.91. The number of carbonyl (C=O) groups excluding carboxylic acids is 1. The van der Waals surface area contributed by atoms with Crippen LogP contribution in [0.5, 0.6) is 0 Å². The lowest BCUT2D eigenvalue weighted by molar-refractivity contribution is -0.121.